The molecule has 2 rings (SSSR count). The summed E-state index contributed by atoms with van der Waals surface area (Å²) in [4.78, 5) is 1.50. The van der Waals surface area contributed by atoms with E-state index in [9.17, 15) is 13.2 Å². The minimum atomic E-state index is -4.20. The number of thiophene rings is 1. The lowest BCUT2D eigenvalue weighted by Crippen LogP contribution is -2.48. The fourth-order valence-electron chi connectivity index (χ4n) is 1.98. The molecule has 2 heterocycles. The summed E-state index contributed by atoms with van der Waals surface area (Å²) in [6, 6.07) is 0.117. The van der Waals surface area contributed by atoms with Gasteiger partial charge in [0.15, 0.2) is 0 Å². The normalized spacial score (nSPS) is 20.9. The van der Waals surface area contributed by atoms with Crippen LogP contribution in [0, 0.1) is 0 Å². The molecular weight excluding hydrogens is 237 g/mol. The van der Waals surface area contributed by atoms with E-state index < -0.39 is 12.2 Å². The molecule has 0 spiro atoms. The van der Waals surface area contributed by atoms with Crippen LogP contribution in [0.3, 0.4) is 0 Å². The van der Waals surface area contributed by atoms with Crippen LogP contribution in [0.2, 0.25) is 0 Å². The van der Waals surface area contributed by atoms with Crippen molar-refractivity contribution in [1.29, 1.82) is 0 Å². The summed E-state index contributed by atoms with van der Waals surface area (Å²) in [6.45, 7) is 2.13. The van der Waals surface area contributed by atoms with Gasteiger partial charge in [-0.1, -0.05) is 0 Å². The van der Waals surface area contributed by atoms with E-state index in [4.69, 9.17) is 0 Å². The van der Waals surface area contributed by atoms with Crippen LogP contribution in [0.5, 0.6) is 0 Å². The van der Waals surface area contributed by atoms with Crippen molar-refractivity contribution in [3.05, 3.63) is 22.4 Å². The predicted molar refractivity (Wildman–Crippen MR) is 57.6 cm³/mol. The van der Waals surface area contributed by atoms with Crippen molar-refractivity contribution in [2.45, 2.75) is 12.2 Å². The monoisotopic (exact) mass is 250 g/mol. The third-order valence-electron chi connectivity index (χ3n) is 2.69. The van der Waals surface area contributed by atoms with Gasteiger partial charge in [0.1, 0.15) is 6.04 Å². The van der Waals surface area contributed by atoms with Gasteiger partial charge in [-0.15, -0.1) is 0 Å². The van der Waals surface area contributed by atoms with Crippen molar-refractivity contribution in [3.8, 4) is 0 Å². The SMILES string of the molecule is FC(F)(F)[C@@H](c1ccsc1)N1CCNCC1. The van der Waals surface area contributed by atoms with E-state index in [0.29, 0.717) is 31.7 Å². The van der Waals surface area contributed by atoms with Gasteiger partial charge < -0.3 is 5.32 Å². The standard InChI is InChI=1S/C10H13F3N2S/c11-10(12,13)9(8-1-6-16-7-8)15-4-2-14-3-5-15/h1,6-7,9,14H,2-5H2/t9-/m1/s1. The Morgan fingerprint density at radius 3 is 2.50 bits per heavy atom. The average Bonchev–Trinajstić information content (AvgIpc) is 2.71. The van der Waals surface area contributed by atoms with Crippen LogP contribution in [0.4, 0.5) is 13.2 Å². The van der Waals surface area contributed by atoms with Gasteiger partial charge in [-0.3, -0.25) is 4.90 Å². The second-order valence-electron chi connectivity index (χ2n) is 3.79. The second-order valence-corrected chi connectivity index (χ2v) is 4.57. The first-order valence-corrected chi connectivity index (χ1v) is 6.07. The molecule has 1 fully saturated rings. The number of nitrogens with one attached hydrogen (secondary N) is 1. The second kappa shape index (κ2) is 4.73. The lowest BCUT2D eigenvalue weighted by atomic mass is 10.1. The molecule has 1 saturated heterocycles. The van der Waals surface area contributed by atoms with Gasteiger partial charge >= 0.3 is 6.18 Å². The number of nitrogens with zero attached hydrogens (tertiary/aromatic N) is 1. The van der Waals surface area contributed by atoms with Crippen LogP contribution in [0.15, 0.2) is 16.8 Å². The Morgan fingerprint density at radius 2 is 2.00 bits per heavy atom. The van der Waals surface area contributed by atoms with Gasteiger partial charge in [-0.05, 0) is 22.4 Å². The van der Waals surface area contributed by atoms with E-state index in [0.717, 1.165) is 0 Å². The van der Waals surface area contributed by atoms with Crippen molar-refractivity contribution in [1.82, 2.24) is 10.2 Å². The average molecular weight is 250 g/mol. The summed E-state index contributed by atoms with van der Waals surface area (Å²) < 4.78 is 39.0. The van der Waals surface area contributed by atoms with Gasteiger partial charge in [0.05, 0.1) is 0 Å². The minimum absolute atomic E-state index is 0.361. The Labute approximate surface area is 96.1 Å². The molecule has 6 heteroatoms. The van der Waals surface area contributed by atoms with Crippen molar-refractivity contribution < 1.29 is 13.2 Å². The van der Waals surface area contributed by atoms with Crippen LogP contribution >= 0.6 is 11.3 Å². The summed E-state index contributed by atoms with van der Waals surface area (Å²) in [5, 5.41) is 6.33. The smallest absolute Gasteiger partial charge is 0.314 e. The third kappa shape index (κ3) is 2.56. The zero-order valence-corrected chi connectivity index (χ0v) is 9.44. The summed E-state index contributed by atoms with van der Waals surface area (Å²) in [5.74, 6) is 0. The van der Waals surface area contributed by atoms with E-state index in [2.05, 4.69) is 5.32 Å². The van der Waals surface area contributed by atoms with E-state index in [1.807, 2.05) is 0 Å². The number of halogens is 3. The zero-order chi connectivity index (χ0) is 11.6. The molecular formula is C10H13F3N2S. The summed E-state index contributed by atoms with van der Waals surface area (Å²) >= 11 is 1.31. The Balaban J connectivity index is 2.21. The van der Waals surface area contributed by atoms with Crippen LogP contribution in [-0.2, 0) is 0 Å². The number of hydrogen-bond donors (Lipinski definition) is 1. The van der Waals surface area contributed by atoms with Crippen LogP contribution in [0.1, 0.15) is 11.6 Å². The van der Waals surface area contributed by atoms with E-state index in [1.54, 1.807) is 16.8 Å². The number of piperazine rings is 1. The highest BCUT2D eigenvalue weighted by Crippen LogP contribution is 2.38. The molecule has 16 heavy (non-hydrogen) atoms. The molecule has 1 aromatic heterocycles. The number of alkyl halides is 3. The minimum Gasteiger partial charge on any atom is -0.314 e. The molecule has 0 aromatic carbocycles. The van der Waals surface area contributed by atoms with E-state index in [-0.39, 0.29) is 0 Å². The van der Waals surface area contributed by atoms with Gasteiger partial charge in [-0.2, -0.15) is 24.5 Å². The highest BCUT2D eigenvalue weighted by Gasteiger charge is 2.44. The molecule has 1 aliphatic heterocycles. The first-order valence-electron chi connectivity index (χ1n) is 5.12. The van der Waals surface area contributed by atoms with E-state index in [1.165, 1.54) is 16.2 Å². The molecule has 1 atom stereocenters. The van der Waals surface area contributed by atoms with Crippen molar-refractivity contribution >= 4 is 11.3 Å². The summed E-state index contributed by atoms with van der Waals surface area (Å²) in [5.41, 5.74) is 0.361. The van der Waals surface area contributed by atoms with Crippen LogP contribution in [-0.4, -0.2) is 37.3 Å². The fraction of sp³-hybridized carbons (Fsp3) is 0.600. The molecule has 0 saturated carbocycles. The van der Waals surface area contributed by atoms with Gasteiger partial charge in [0.25, 0.3) is 0 Å². The lowest BCUT2D eigenvalue weighted by molar-refractivity contribution is -0.187. The molecule has 1 aromatic rings. The molecule has 0 amide bonds. The number of hydrogen-bond acceptors (Lipinski definition) is 3. The first kappa shape index (κ1) is 11.9. The zero-order valence-electron chi connectivity index (χ0n) is 8.63. The highest BCUT2D eigenvalue weighted by atomic mass is 32.1. The quantitative estimate of drug-likeness (QED) is 0.866. The Kier molecular flexibility index (Phi) is 3.51. The Morgan fingerprint density at radius 1 is 1.31 bits per heavy atom. The molecule has 2 nitrogen and oxygen atoms in total. The van der Waals surface area contributed by atoms with Gasteiger partial charge in [0, 0.05) is 26.2 Å². The highest BCUT2D eigenvalue weighted by molar-refractivity contribution is 7.07. The topological polar surface area (TPSA) is 15.3 Å². The third-order valence-corrected chi connectivity index (χ3v) is 3.39. The largest absolute Gasteiger partial charge is 0.408 e. The van der Waals surface area contributed by atoms with Crippen molar-refractivity contribution in [2.24, 2.45) is 0 Å². The fourth-order valence-corrected chi connectivity index (χ4v) is 2.66. The molecule has 0 bridgehead atoms. The van der Waals surface area contributed by atoms with Crippen molar-refractivity contribution in [2.75, 3.05) is 26.2 Å². The summed E-state index contributed by atoms with van der Waals surface area (Å²) in [7, 11) is 0. The predicted octanol–water partition coefficient (Wildman–Crippen LogP) is 2.26. The molecule has 1 aliphatic rings. The lowest BCUT2D eigenvalue weighted by Gasteiger charge is -2.35. The maximum atomic E-state index is 13.0. The molecule has 0 aliphatic carbocycles. The summed E-state index contributed by atoms with van der Waals surface area (Å²) in [6.07, 6.45) is -4.20. The van der Waals surface area contributed by atoms with Crippen LogP contribution in [0.25, 0.3) is 0 Å². The van der Waals surface area contributed by atoms with Crippen LogP contribution < -0.4 is 5.32 Å². The maximum absolute atomic E-state index is 13.0. The molecule has 0 unspecified atom stereocenters. The van der Waals surface area contributed by atoms with Gasteiger partial charge in [-0.25, -0.2) is 0 Å². The Bertz CT molecular complexity index is 317. The van der Waals surface area contributed by atoms with E-state index >= 15 is 0 Å². The number of rotatable bonds is 2. The van der Waals surface area contributed by atoms with Crippen molar-refractivity contribution in [3.63, 3.8) is 0 Å². The first-order chi connectivity index (χ1) is 7.59. The van der Waals surface area contributed by atoms with Gasteiger partial charge in [0.2, 0.25) is 0 Å². The molecule has 90 valence electrons. The molecule has 0 radical (unpaired) electrons. The molecule has 1 N–H and O–H groups in total. The Hall–Kier alpha value is -0.590. The maximum Gasteiger partial charge on any atom is 0.408 e.